The van der Waals surface area contributed by atoms with E-state index in [2.05, 4.69) is 10.3 Å². The van der Waals surface area contributed by atoms with Crippen molar-refractivity contribution in [3.05, 3.63) is 71.8 Å². The van der Waals surface area contributed by atoms with Gasteiger partial charge in [0, 0.05) is 18.7 Å². The number of hydrogen-bond acceptors (Lipinski definition) is 3. The van der Waals surface area contributed by atoms with Gasteiger partial charge in [0.2, 0.25) is 0 Å². The van der Waals surface area contributed by atoms with E-state index in [0.29, 0.717) is 24.5 Å². The lowest BCUT2D eigenvalue weighted by molar-refractivity contribution is 0.0929. The first-order chi connectivity index (χ1) is 12.8. The number of pyridine rings is 1. The van der Waals surface area contributed by atoms with Gasteiger partial charge in [0.25, 0.3) is 5.91 Å². The molecule has 5 heteroatoms. The van der Waals surface area contributed by atoms with Gasteiger partial charge in [-0.05, 0) is 43.4 Å². The van der Waals surface area contributed by atoms with Crippen LogP contribution in [0, 0.1) is 0 Å². The predicted octanol–water partition coefficient (Wildman–Crippen LogP) is 3.46. The van der Waals surface area contributed by atoms with Gasteiger partial charge in [0.1, 0.15) is 5.82 Å². The average Bonchev–Trinajstić information content (AvgIpc) is 3.46. The van der Waals surface area contributed by atoms with Gasteiger partial charge in [-0.1, -0.05) is 36.4 Å². The summed E-state index contributed by atoms with van der Waals surface area (Å²) in [6.45, 7) is 0.110. The minimum atomic E-state index is -0.160. The van der Waals surface area contributed by atoms with Gasteiger partial charge < -0.3 is 14.8 Å². The van der Waals surface area contributed by atoms with E-state index in [4.69, 9.17) is 0 Å². The minimum Gasteiger partial charge on any atom is -0.396 e. The average molecular weight is 349 g/mol. The van der Waals surface area contributed by atoms with Crippen molar-refractivity contribution in [3.8, 4) is 0 Å². The topological polar surface area (TPSA) is 66.6 Å². The van der Waals surface area contributed by atoms with Gasteiger partial charge >= 0.3 is 0 Å². The van der Waals surface area contributed by atoms with Gasteiger partial charge in [-0.15, -0.1) is 0 Å². The summed E-state index contributed by atoms with van der Waals surface area (Å²) in [7, 11) is 0. The Morgan fingerprint density at radius 3 is 2.69 bits per heavy atom. The fourth-order valence-corrected chi connectivity index (χ4v) is 3.39. The Labute approximate surface area is 152 Å². The quantitative estimate of drug-likeness (QED) is 0.686. The van der Waals surface area contributed by atoms with Crippen molar-refractivity contribution >= 4 is 11.4 Å². The van der Waals surface area contributed by atoms with Gasteiger partial charge in [-0.3, -0.25) is 4.79 Å². The van der Waals surface area contributed by atoms with E-state index >= 15 is 0 Å². The zero-order chi connectivity index (χ0) is 17.9. The molecule has 134 valence electrons. The van der Waals surface area contributed by atoms with Crippen molar-refractivity contribution in [2.45, 2.75) is 37.6 Å². The maximum atomic E-state index is 13.0. The zero-order valence-electron chi connectivity index (χ0n) is 14.6. The number of amides is 1. The Morgan fingerprint density at radius 2 is 1.96 bits per heavy atom. The van der Waals surface area contributed by atoms with Crippen LogP contribution in [0.15, 0.2) is 54.7 Å². The lowest BCUT2D eigenvalue weighted by Crippen LogP contribution is -2.29. The summed E-state index contributed by atoms with van der Waals surface area (Å²) in [5, 5.41) is 12.3. The van der Waals surface area contributed by atoms with Crippen LogP contribution in [0.25, 0.3) is 5.52 Å². The number of aliphatic hydroxyl groups is 1. The summed E-state index contributed by atoms with van der Waals surface area (Å²) in [5.74, 6) is 1.29. The number of aromatic nitrogens is 2. The SMILES string of the molecule is O=C(NC(CCCO)c1ccccc1)c1nc(C2CC2)n2ccccc12. The smallest absolute Gasteiger partial charge is 0.272 e. The molecule has 3 aromatic rings. The van der Waals surface area contributed by atoms with E-state index in [-0.39, 0.29) is 18.6 Å². The van der Waals surface area contributed by atoms with Crippen molar-refractivity contribution in [2.24, 2.45) is 0 Å². The number of carbonyl (C=O) groups is 1. The molecule has 1 saturated carbocycles. The van der Waals surface area contributed by atoms with E-state index in [9.17, 15) is 9.90 Å². The summed E-state index contributed by atoms with van der Waals surface area (Å²) in [5.41, 5.74) is 2.37. The molecule has 4 rings (SSSR count). The normalized spacial score (nSPS) is 15.1. The molecule has 1 fully saturated rings. The molecule has 2 heterocycles. The summed E-state index contributed by atoms with van der Waals surface area (Å²) < 4.78 is 2.04. The van der Waals surface area contributed by atoms with E-state index in [1.807, 2.05) is 59.1 Å². The van der Waals surface area contributed by atoms with Crippen LogP contribution in [-0.2, 0) is 0 Å². The highest BCUT2D eigenvalue weighted by atomic mass is 16.3. The Balaban J connectivity index is 1.63. The molecular weight excluding hydrogens is 326 g/mol. The van der Waals surface area contributed by atoms with Crippen LogP contribution in [-0.4, -0.2) is 27.0 Å². The van der Waals surface area contributed by atoms with E-state index < -0.39 is 0 Å². The number of rotatable bonds is 7. The molecule has 1 unspecified atom stereocenters. The Bertz CT molecular complexity index is 900. The molecule has 1 aliphatic carbocycles. The third-order valence-corrected chi connectivity index (χ3v) is 4.89. The number of imidazole rings is 1. The maximum absolute atomic E-state index is 13.0. The van der Waals surface area contributed by atoms with Crippen molar-refractivity contribution in [1.29, 1.82) is 0 Å². The second kappa shape index (κ2) is 7.30. The molecule has 1 aliphatic rings. The highest BCUT2D eigenvalue weighted by molar-refractivity contribution is 5.99. The molecule has 26 heavy (non-hydrogen) atoms. The number of hydrogen-bond donors (Lipinski definition) is 2. The van der Waals surface area contributed by atoms with Crippen molar-refractivity contribution in [2.75, 3.05) is 6.61 Å². The maximum Gasteiger partial charge on any atom is 0.272 e. The summed E-state index contributed by atoms with van der Waals surface area (Å²) >= 11 is 0. The molecule has 2 N–H and O–H groups in total. The first-order valence-electron chi connectivity index (χ1n) is 9.21. The largest absolute Gasteiger partial charge is 0.396 e. The molecule has 0 aliphatic heterocycles. The molecule has 2 aromatic heterocycles. The zero-order valence-corrected chi connectivity index (χ0v) is 14.6. The van der Waals surface area contributed by atoms with Crippen LogP contribution < -0.4 is 5.32 Å². The van der Waals surface area contributed by atoms with Gasteiger partial charge in [0.05, 0.1) is 11.6 Å². The second-order valence-corrected chi connectivity index (χ2v) is 6.85. The number of nitrogens with one attached hydrogen (secondary N) is 1. The first-order valence-corrected chi connectivity index (χ1v) is 9.21. The molecule has 0 saturated heterocycles. The van der Waals surface area contributed by atoms with Crippen LogP contribution in [0.2, 0.25) is 0 Å². The van der Waals surface area contributed by atoms with Crippen LogP contribution in [0.4, 0.5) is 0 Å². The first kappa shape index (κ1) is 16.8. The molecule has 1 aromatic carbocycles. The van der Waals surface area contributed by atoms with Gasteiger partial charge in [0.15, 0.2) is 5.69 Å². The van der Waals surface area contributed by atoms with Crippen molar-refractivity contribution in [1.82, 2.24) is 14.7 Å². The highest BCUT2D eigenvalue weighted by Gasteiger charge is 2.30. The third kappa shape index (κ3) is 3.35. The Morgan fingerprint density at radius 1 is 1.19 bits per heavy atom. The summed E-state index contributed by atoms with van der Waals surface area (Å²) in [4.78, 5) is 17.7. The standard InChI is InChI=1S/C21H23N3O2/c25-14-6-9-17(15-7-2-1-3-8-15)22-21(26)19-18-10-4-5-13-24(18)20(23-19)16-11-12-16/h1-5,7-8,10,13,16-17,25H,6,9,11-12,14H2,(H,22,26). The summed E-state index contributed by atoms with van der Waals surface area (Å²) in [6, 6.07) is 15.6. The molecule has 1 amide bonds. The number of nitrogens with zero attached hydrogens (tertiary/aromatic N) is 2. The predicted molar refractivity (Wildman–Crippen MR) is 100 cm³/mol. The molecule has 5 nitrogen and oxygen atoms in total. The number of carbonyl (C=O) groups excluding carboxylic acids is 1. The summed E-state index contributed by atoms with van der Waals surface area (Å²) in [6.07, 6.45) is 5.58. The van der Waals surface area contributed by atoms with Crippen LogP contribution >= 0.6 is 0 Å². The van der Waals surface area contributed by atoms with Crippen LogP contribution in [0.1, 0.15) is 59.5 Å². The van der Waals surface area contributed by atoms with Gasteiger partial charge in [-0.25, -0.2) is 4.98 Å². The van der Waals surface area contributed by atoms with E-state index in [1.165, 1.54) is 0 Å². The minimum absolute atomic E-state index is 0.110. The number of benzene rings is 1. The van der Waals surface area contributed by atoms with Gasteiger partial charge in [-0.2, -0.15) is 0 Å². The fourth-order valence-electron chi connectivity index (χ4n) is 3.39. The van der Waals surface area contributed by atoms with E-state index in [0.717, 1.165) is 29.7 Å². The highest BCUT2D eigenvalue weighted by Crippen LogP contribution is 2.40. The third-order valence-electron chi connectivity index (χ3n) is 4.89. The monoisotopic (exact) mass is 349 g/mol. The molecule has 0 radical (unpaired) electrons. The lowest BCUT2D eigenvalue weighted by atomic mass is 10.0. The van der Waals surface area contributed by atoms with Crippen LogP contribution in [0.3, 0.4) is 0 Å². The molecule has 0 bridgehead atoms. The molecule has 0 spiro atoms. The molecule has 1 atom stereocenters. The number of fused-ring (bicyclic) bond motifs is 1. The second-order valence-electron chi connectivity index (χ2n) is 6.85. The number of aliphatic hydroxyl groups excluding tert-OH is 1. The fraction of sp³-hybridized carbons (Fsp3) is 0.333. The van der Waals surface area contributed by atoms with Crippen LogP contribution in [0.5, 0.6) is 0 Å². The van der Waals surface area contributed by atoms with E-state index in [1.54, 1.807) is 0 Å². The lowest BCUT2D eigenvalue weighted by Gasteiger charge is -2.18. The Hall–Kier alpha value is -2.66. The molecular formula is C21H23N3O2. The van der Waals surface area contributed by atoms with Crippen molar-refractivity contribution < 1.29 is 9.90 Å². The Kier molecular flexibility index (Phi) is 4.71. The van der Waals surface area contributed by atoms with Crippen molar-refractivity contribution in [3.63, 3.8) is 0 Å².